The van der Waals surface area contributed by atoms with Gasteiger partial charge in [0.25, 0.3) is 5.24 Å². The molecule has 0 heterocycles. The second kappa shape index (κ2) is 7.93. The molecule has 1 amide bonds. The Labute approximate surface area is 129 Å². The zero-order valence-corrected chi connectivity index (χ0v) is 13.8. The lowest BCUT2D eigenvalue weighted by Crippen LogP contribution is -2.16. The highest BCUT2D eigenvalue weighted by Gasteiger charge is 2.16. The highest BCUT2D eigenvalue weighted by Crippen LogP contribution is 2.34. The van der Waals surface area contributed by atoms with Crippen LogP contribution in [0.15, 0.2) is 23.1 Å². The number of methoxy groups -OCH3 is 2. The third-order valence-electron chi connectivity index (χ3n) is 3.02. The van der Waals surface area contributed by atoms with Gasteiger partial charge in [-0.3, -0.25) is 9.59 Å². The second-order valence-electron chi connectivity index (χ2n) is 4.85. The van der Waals surface area contributed by atoms with Gasteiger partial charge in [0.1, 0.15) is 5.75 Å². The summed E-state index contributed by atoms with van der Waals surface area (Å²) in [4.78, 5) is 25.4. The van der Waals surface area contributed by atoms with Gasteiger partial charge in [0.15, 0.2) is 0 Å². The SMILES string of the molecule is COC(=O)CC(C)c1ccc(SC(=O)N(C)C)c(OC)c1. The third kappa shape index (κ3) is 4.97. The van der Waals surface area contributed by atoms with Gasteiger partial charge in [0.2, 0.25) is 0 Å². The lowest BCUT2D eigenvalue weighted by Gasteiger charge is -2.15. The molecular weight excluding hydrogens is 290 g/mol. The first-order chi connectivity index (χ1) is 9.88. The first-order valence-corrected chi connectivity index (χ1v) is 7.34. The number of ether oxygens (including phenoxy) is 2. The molecule has 0 bridgehead atoms. The van der Waals surface area contributed by atoms with E-state index in [1.807, 2.05) is 25.1 Å². The van der Waals surface area contributed by atoms with Gasteiger partial charge in [-0.25, -0.2) is 0 Å². The summed E-state index contributed by atoms with van der Waals surface area (Å²) in [5.74, 6) is 0.405. The fourth-order valence-electron chi connectivity index (χ4n) is 1.71. The van der Waals surface area contributed by atoms with Crippen LogP contribution in [-0.2, 0) is 9.53 Å². The molecule has 0 N–H and O–H groups in total. The molecule has 116 valence electrons. The van der Waals surface area contributed by atoms with Crippen molar-refractivity contribution in [1.29, 1.82) is 0 Å². The average Bonchev–Trinajstić information content (AvgIpc) is 2.46. The minimum absolute atomic E-state index is 0.0231. The van der Waals surface area contributed by atoms with E-state index < -0.39 is 0 Å². The molecule has 1 rings (SSSR count). The van der Waals surface area contributed by atoms with Gasteiger partial charge in [-0.1, -0.05) is 13.0 Å². The molecule has 1 aromatic carbocycles. The van der Waals surface area contributed by atoms with E-state index in [1.165, 1.54) is 12.0 Å². The van der Waals surface area contributed by atoms with Crippen molar-refractivity contribution in [2.75, 3.05) is 28.3 Å². The van der Waals surface area contributed by atoms with Crippen molar-refractivity contribution in [2.24, 2.45) is 0 Å². The first-order valence-electron chi connectivity index (χ1n) is 6.53. The predicted octanol–water partition coefficient (Wildman–Crippen LogP) is 3.14. The maximum atomic E-state index is 11.8. The van der Waals surface area contributed by atoms with Gasteiger partial charge < -0.3 is 14.4 Å². The number of esters is 1. The second-order valence-corrected chi connectivity index (χ2v) is 5.85. The van der Waals surface area contributed by atoms with Crippen LogP contribution in [0, 0.1) is 0 Å². The van der Waals surface area contributed by atoms with Crippen LogP contribution in [-0.4, -0.2) is 44.4 Å². The highest BCUT2D eigenvalue weighted by molar-refractivity contribution is 8.13. The molecular formula is C15H21NO4S. The molecule has 6 heteroatoms. The number of hydrogen-bond acceptors (Lipinski definition) is 5. The Morgan fingerprint density at radius 3 is 2.48 bits per heavy atom. The summed E-state index contributed by atoms with van der Waals surface area (Å²) in [6, 6.07) is 5.61. The maximum absolute atomic E-state index is 11.8. The van der Waals surface area contributed by atoms with Gasteiger partial charge in [-0.05, 0) is 35.4 Å². The van der Waals surface area contributed by atoms with Gasteiger partial charge in [0, 0.05) is 14.1 Å². The summed E-state index contributed by atoms with van der Waals surface area (Å²) >= 11 is 1.11. The summed E-state index contributed by atoms with van der Waals surface area (Å²) in [6.07, 6.45) is 0.308. The van der Waals surface area contributed by atoms with E-state index in [0.29, 0.717) is 12.2 Å². The molecule has 0 spiro atoms. The number of benzene rings is 1. The predicted molar refractivity (Wildman–Crippen MR) is 83.0 cm³/mol. The van der Waals surface area contributed by atoms with Gasteiger partial charge in [0.05, 0.1) is 25.5 Å². The molecule has 0 saturated heterocycles. The quantitative estimate of drug-likeness (QED) is 0.617. The summed E-state index contributed by atoms with van der Waals surface area (Å²) in [6.45, 7) is 1.95. The van der Waals surface area contributed by atoms with Crippen LogP contribution in [0.5, 0.6) is 5.75 Å². The smallest absolute Gasteiger partial charge is 0.306 e. The third-order valence-corrected chi connectivity index (χ3v) is 4.12. The van der Waals surface area contributed by atoms with Crippen LogP contribution < -0.4 is 4.74 Å². The fraction of sp³-hybridized carbons (Fsp3) is 0.467. The summed E-state index contributed by atoms with van der Waals surface area (Å²) in [5, 5.41) is -0.0661. The Morgan fingerprint density at radius 1 is 1.29 bits per heavy atom. The van der Waals surface area contributed by atoms with Crippen LogP contribution in [0.1, 0.15) is 24.8 Å². The molecule has 0 aliphatic rings. The molecule has 1 unspecified atom stereocenters. The maximum Gasteiger partial charge on any atom is 0.306 e. The lowest BCUT2D eigenvalue weighted by molar-refractivity contribution is -0.140. The van der Waals surface area contributed by atoms with Crippen molar-refractivity contribution in [3.05, 3.63) is 23.8 Å². The number of rotatable bonds is 5. The lowest BCUT2D eigenvalue weighted by atomic mass is 9.98. The molecule has 5 nitrogen and oxygen atoms in total. The van der Waals surface area contributed by atoms with Crippen LogP contribution in [0.3, 0.4) is 0 Å². The van der Waals surface area contributed by atoms with Crippen LogP contribution >= 0.6 is 11.8 Å². The average molecular weight is 311 g/mol. The van der Waals surface area contributed by atoms with Crippen molar-refractivity contribution in [1.82, 2.24) is 4.90 Å². The Hall–Kier alpha value is -1.69. The number of nitrogens with zero attached hydrogens (tertiary/aromatic N) is 1. The molecule has 21 heavy (non-hydrogen) atoms. The van der Waals surface area contributed by atoms with E-state index in [-0.39, 0.29) is 17.1 Å². The molecule has 0 aliphatic carbocycles. The summed E-state index contributed by atoms with van der Waals surface area (Å²) < 4.78 is 10.0. The van der Waals surface area contributed by atoms with E-state index in [2.05, 4.69) is 4.74 Å². The summed E-state index contributed by atoms with van der Waals surface area (Å²) in [7, 11) is 6.35. The largest absolute Gasteiger partial charge is 0.496 e. The minimum Gasteiger partial charge on any atom is -0.496 e. The Bertz CT molecular complexity index is 516. The van der Waals surface area contributed by atoms with Gasteiger partial charge in [-0.15, -0.1) is 0 Å². The summed E-state index contributed by atoms with van der Waals surface area (Å²) in [5.41, 5.74) is 0.971. The van der Waals surface area contributed by atoms with E-state index in [0.717, 1.165) is 22.2 Å². The number of carbonyl (C=O) groups excluding carboxylic acids is 2. The number of thioether (sulfide) groups is 1. The van der Waals surface area contributed by atoms with E-state index in [9.17, 15) is 9.59 Å². The molecule has 0 aliphatic heterocycles. The zero-order chi connectivity index (χ0) is 16.0. The molecule has 1 atom stereocenters. The molecule has 0 fully saturated rings. The van der Waals surface area contributed by atoms with Crippen molar-refractivity contribution in [2.45, 2.75) is 24.2 Å². The van der Waals surface area contributed by atoms with E-state index >= 15 is 0 Å². The fourth-order valence-corrected chi connectivity index (χ4v) is 2.46. The number of carbonyl (C=O) groups is 2. The zero-order valence-electron chi connectivity index (χ0n) is 13.0. The Balaban J connectivity index is 2.92. The van der Waals surface area contributed by atoms with Crippen LogP contribution in [0.2, 0.25) is 0 Å². The molecule has 0 aromatic heterocycles. The number of hydrogen-bond donors (Lipinski definition) is 0. The minimum atomic E-state index is -0.247. The van der Waals surface area contributed by atoms with Crippen LogP contribution in [0.4, 0.5) is 4.79 Å². The Kier molecular flexibility index (Phi) is 6.55. The van der Waals surface area contributed by atoms with E-state index in [1.54, 1.807) is 21.2 Å². The van der Waals surface area contributed by atoms with Gasteiger partial charge in [-0.2, -0.15) is 0 Å². The van der Waals surface area contributed by atoms with Crippen molar-refractivity contribution in [3.8, 4) is 5.75 Å². The Morgan fingerprint density at radius 2 is 1.95 bits per heavy atom. The van der Waals surface area contributed by atoms with Crippen molar-refractivity contribution >= 4 is 23.0 Å². The number of amides is 1. The highest BCUT2D eigenvalue weighted by atomic mass is 32.2. The van der Waals surface area contributed by atoms with Crippen molar-refractivity contribution < 1.29 is 19.1 Å². The van der Waals surface area contributed by atoms with E-state index in [4.69, 9.17) is 4.74 Å². The molecule has 0 saturated carbocycles. The van der Waals surface area contributed by atoms with Crippen LogP contribution in [0.25, 0.3) is 0 Å². The monoisotopic (exact) mass is 311 g/mol. The standard InChI is InChI=1S/C15H21NO4S/c1-10(8-14(17)20-5)11-6-7-13(12(9-11)19-4)21-15(18)16(2)3/h6-7,9-10H,8H2,1-5H3. The van der Waals surface area contributed by atoms with Crippen molar-refractivity contribution in [3.63, 3.8) is 0 Å². The molecule has 1 aromatic rings. The topological polar surface area (TPSA) is 55.8 Å². The normalized spacial score (nSPS) is 11.7. The molecule has 0 radical (unpaired) electrons. The first kappa shape index (κ1) is 17.4. The van der Waals surface area contributed by atoms with Gasteiger partial charge >= 0.3 is 5.97 Å².